The lowest BCUT2D eigenvalue weighted by atomic mass is 9.68. The molecule has 0 heterocycles. The molecule has 9 rings (SSSR count). The molecule has 0 amide bonds. The van der Waals surface area contributed by atoms with Crippen LogP contribution in [0.4, 0.5) is 0 Å². The van der Waals surface area contributed by atoms with Gasteiger partial charge in [0.2, 0.25) is 0 Å². The molecule has 0 N–H and O–H groups in total. The molecule has 8 aromatic rings. The standard InChI is InChI=1S/C53H50O4S2/c1-5-7-13-31-53(32-14-8-6-2)51-45-29-23-37(35-19-25-39(26-20-35)58(3,54)55)33-47(45)41-15-9-11-17-43(41)49(51)50-44-18-12-10-16-42(44)48-34-38(24-30-46(48)52(50)53)36-21-27-40(28-22-36)59(4,56)57/h9-12,15-30,33-34H,5-8,13-14,31-32H2,1-4H3. The maximum atomic E-state index is 12.3. The van der Waals surface area contributed by atoms with E-state index in [-0.39, 0.29) is 5.41 Å². The summed E-state index contributed by atoms with van der Waals surface area (Å²) in [7, 11) is -6.61. The van der Waals surface area contributed by atoms with Crippen LogP contribution in [0.2, 0.25) is 0 Å². The molecule has 1 aliphatic carbocycles. The van der Waals surface area contributed by atoms with Crippen LogP contribution in [0.1, 0.15) is 76.3 Å². The molecule has 6 heteroatoms. The summed E-state index contributed by atoms with van der Waals surface area (Å²) in [6, 6.07) is 46.2. The van der Waals surface area contributed by atoms with Gasteiger partial charge >= 0.3 is 0 Å². The van der Waals surface area contributed by atoms with Crippen molar-refractivity contribution in [2.45, 2.75) is 80.4 Å². The van der Waals surface area contributed by atoms with Gasteiger partial charge in [-0.1, -0.05) is 149 Å². The molecule has 0 aliphatic heterocycles. The Morgan fingerprint density at radius 1 is 0.390 bits per heavy atom. The van der Waals surface area contributed by atoms with Gasteiger partial charge < -0.3 is 0 Å². The molecule has 8 aromatic carbocycles. The zero-order valence-electron chi connectivity index (χ0n) is 34.3. The lowest BCUT2D eigenvalue weighted by Gasteiger charge is -2.35. The molecule has 4 nitrogen and oxygen atoms in total. The molecular formula is C53H50O4S2. The molecular weight excluding hydrogens is 765 g/mol. The van der Waals surface area contributed by atoms with Crippen molar-refractivity contribution in [1.82, 2.24) is 0 Å². The molecule has 1 aliphatic rings. The Bertz CT molecular complexity index is 2950. The first-order valence-corrected chi connectivity index (χ1v) is 24.8. The van der Waals surface area contributed by atoms with Crippen molar-refractivity contribution in [2.75, 3.05) is 12.5 Å². The number of unbranched alkanes of at least 4 members (excludes halogenated alkanes) is 4. The summed E-state index contributed by atoms with van der Waals surface area (Å²) in [5.74, 6) is 0. The fourth-order valence-electron chi connectivity index (χ4n) is 10.1. The van der Waals surface area contributed by atoms with Crippen LogP contribution in [0.15, 0.2) is 143 Å². The van der Waals surface area contributed by atoms with E-state index in [0.717, 1.165) is 60.8 Å². The SMILES string of the molecule is CCCCCC1(CCCCC)c2c(c3ccccc3c3cc(-c4ccc(S(C)(=O)=O)cc4)ccc23)-c2c1c1ccc(-c3ccc(S(C)(=O)=O)cc3)cc1c1ccccc21. The number of fused-ring (bicyclic) bond motifs is 13. The van der Waals surface area contributed by atoms with Crippen LogP contribution in [-0.2, 0) is 25.1 Å². The van der Waals surface area contributed by atoms with Gasteiger partial charge in [-0.25, -0.2) is 16.8 Å². The summed E-state index contributed by atoms with van der Waals surface area (Å²) in [5.41, 5.74) is 9.49. The zero-order chi connectivity index (χ0) is 41.1. The lowest BCUT2D eigenvalue weighted by Crippen LogP contribution is -2.26. The van der Waals surface area contributed by atoms with E-state index in [1.807, 2.05) is 24.3 Å². The number of hydrogen-bond acceptors (Lipinski definition) is 4. The molecule has 0 spiro atoms. The molecule has 0 radical (unpaired) electrons. The molecule has 0 fully saturated rings. The number of sulfone groups is 2. The first-order chi connectivity index (χ1) is 28.4. The molecule has 0 unspecified atom stereocenters. The van der Waals surface area contributed by atoms with Gasteiger partial charge in [0.05, 0.1) is 9.79 Å². The largest absolute Gasteiger partial charge is 0.224 e. The van der Waals surface area contributed by atoms with Gasteiger partial charge in [-0.3, -0.25) is 0 Å². The fourth-order valence-corrected chi connectivity index (χ4v) is 11.4. The number of rotatable bonds is 12. The van der Waals surface area contributed by atoms with Gasteiger partial charge in [0.15, 0.2) is 19.7 Å². The van der Waals surface area contributed by atoms with E-state index in [4.69, 9.17) is 0 Å². The van der Waals surface area contributed by atoms with Crippen molar-refractivity contribution >= 4 is 62.8 Å². The van der Waals surface area contributed by atoms with Crippen molar-refractivity contribution in [1.29, 1.82) is 0 Å². The van der Waals surface area contributed by atoms with Crippen molar-refractivity contribution in [2.24, 2.45) is 0 Å². The smallest absolute Gasteiger partial charge is 0.175 e. The third kappa shape index (κ3) is 6.65. The highest BCUT2D eigenvalue weighted by Crippen LogP contribution is 2.62. The first kappa shape index (κ1) is 39.2. The van der Waals surface area contributed by atoms with Crippen molar-refractivity contribution in [3.63, 3.8) is 0 Å². The van der Waals surface area contributed by atoms with E-state index in [0.29, 0.717) is 9.79 Å². The maximum absolute atomic E-state index is 12.3. The molecule has 59 heavy (non-hydrogen) atoms. The zero-order valence-corrected chi connectivity index (χ0v) is 35.9. The average Bonchev–Trinajstić information content (AvgIpc) is 3.54. The minimum absolute atomic E-state index is 0.239. The van der Waals surface area contributed by atoms with Gasteiger partial charge in [-0.05, 0) is 137 Å². The number of benzene rings is 8. The Balaban J connectivity index is 1.38. The van der Waals surface area contributed by atoms with Gasteiger partial charge in [-0.15, -0.1) is 0 Å². The summed E-state index contributed by atoms with van der Waals surface area (Å²) < 4.78 is 49.3. The summed E-state index contributed by atoms with van der Waals surface area (Å²) in [6.07, 6.45) is 11.5. The van der Waals surface area contributed by atoms with E-state index in [9.17, 15) is 16.8 Å². The molecule has 298 valence electrons. The highest BCUT2D eigenvalue weighted by Gasteiger charge is 2.46. The minimum atomic E-state index is -3.31. The Hall–Kier alpha value is -5.30. The summed E-state index contributed by atoms with van der Waals surface area (Å²) in [5, 5.41) is 10.00. The van der Waals surface area contributed by atoms with Crippen LogP contribution < -0.4 is 0 Å². The second-order valence-corrected chi connectivity index (χ2v) is 20.7. The van der Waals surface area contributed by atoms with Crippen LogP contribution in [0.3, 0.4) is 0 Å². The second kappa shape index (κ2) is 15.1. The van der Waals surface area contributed by atoms with Crippen LogP contribution in [0.25, 0.3) is 76.5 Å². The van der Waals surface area contributed by atoms with Crippen molar-refractivity contribution in [3.8, 4) is 33.4 Å². The van der Waals surface area contributed by atoms with E-state index in [1.54, 1.807) is 24.3 Å². The van der Waals surface area contributed by atoms with Crippen LogP contribution in [-0.4, -0.2) is 29.3 Å². The van der Waals surface area contributed by atoms with E-state index in [2.05, 4.69) is 98.8 Å². The third-order valence-electron chi connectivity index (χ3n) is 12.9. The highest BCUT2D eigenvalue weighted by atomic mass is 32.2. The highest BCUT2D eigenvalue weighted by molar-refractivity contribution is 7.91. The predicted molar refractivity (Wildman–Crippen MR) is 248 cm³/mol. The molecule has 0 saturated heterocycles. The Morgan fingerprint density at radius 2 is 0.746 bits per heavy atom. The number of hydrogen-bond donors (Lipinski definition) is 0. The van der Waals surface area contributed by atoms with Crippen LogP contribution in [0, 0.1) is 0 Å². The normalized spacial score (nSPS) is 13.7. The second-order valence-electron chi connectivity index (χ2n) is 16.7. The quantitative estimate of drug-likeness (QED) is 0.0910. The lowest BCUT2D eigenvalue weighted by molar-refractivity contribution is 0.410. The summed E-state index contributed by atoms with van der Waals surface area (Å²) in [4.78, 5) is 0.645. The van der Waals surface area contributed by atoms with E-state index < -0.39 is 19.7 Å². The van der Waals surface area contributed by atoms with E-state index in [1.165, 1.54) is 90.7 Å². The third-order valence-corrected chi connectivity index (χ3v) is 15.2. The van der Waals surface area contributed by atoms with Crippen LogP contribution in [0.5, 0.6) is 0 Å². The van der Waals surface area contributed by atoms with Crippen molar-refractivity contribution in [3.05, 3.63) is 145 Å². The fraction of sp³-hybridized carbons (Fsp3) is 0.245. The van der Waals surface area contributed by atoms with Gasteiger partial charge in [0.1, 0.15) is 0 Å². The molecule has 0 atom stereocenters. The Morgan fingerprint density at radius 3 is 1.10 bits per heavy atom. The first-order valence-electron chi connectivity index (χ1n) is 21.0. The summed E-state index contributed by atoms with van der Waals surface area (Å²) in [6.45, 7) is 4.58. The molecule has 0 aromatic heterocycles. The Labute approximate surface area is 348 Å². The van der Waals surface area contributed by atoms with Gasteiger partial charge in [0, 0.05) is 17.9 Å². The van der Waals surface area contributed by atoms with E-state index >= 15 is 0 Å². The predicted octanol–water partition coefficient (Wildman–Crippen LogP) is 13.9. The van der Waals surface area contributed by atoms with Crippen molar-refractivity contribution < 1.29 is 16.8 Å². The average molecular weight is 815 g/mol. The molecule has 0 saturated carbocycles. The maximum Gasteiger partial charge on any atom is 0.175 e. The van der Waals surface area contributed by atoms with Crippen LogP contribution >= 0.6 is 0 Å². The topological polar surface area (TPSA) is 68.3 Å². The van der Waals surface area contributed by atoms with Gasteiger partial charge in [-0.2, -0.15) is 0 Å². The monoisotopic (exact) mass is 814 g/mol. The minimum Gasteiger partial charge on any atom is -0.224 e. The summed E-state index contributed by atoms with van der Waals surface area (Å²) >= 11 is 0. The Kier molecular flexibility index (Phi) is 10.0. The molecule has 0 bridgehead atoms. The van der Waals surface area contributed by atoms with Gasteiger partial charge in [0.25, 0.3) is 0 Å².